The summed E-state index contributed by atoms with van der Waals surface area (Å²) >= 11 is 0. The van der Waals surface area contributed by atoms with Crippen LogP contribution in [0.4, 0.5) is 4.79 Å². The summed E-state index contributed by atoms with van der Waals surface area (Å²) < 4.78 is 5.31. The molecular weight excluding hydrogens is 292 g/mol. The van der Waals surface area contributed by atoms with E-state index < -0.39 is 5.60 Å². The highest BCUT2D eigenvalue weighted by atomic mass is 16.6. The van der Waals surface area contributed by atoms with E-state index >= 15 is 0 Å². The molecule has 1 rings (SSSR count). The minimum atomic E-state index is -0.429. The van der Waals surface area contributed by atoms with Crippen LogP contribution in [0.5, 0.6) is 0 Å². The maximum atomic E-state index is 11.8. The number of nitrogens with one attached hydrogen (secondary N) is 1. The fourth-order valence-corrected chi connectivity index (χ4v) is 2.93. The third-order valence-corrected chi connectivity index (χ3v) is 4.19. The van der Waals surface area contributed by atoms with Crippen LogP contribution in [0.1, 0.15) is 72.1 Å². The lowest BCUT2D eigenvalue weighted by atomic mass is 10.0. The lowest BCUT2D eigenvalue weighted by Crippen LogP contribution is -2.46. The average Bonchev–Trinajstić information content (AvgIpc) is 2.46. The number of nitrogens with zero attached hydrogens (tertiary/aromatic N) is 1. The molecule has 1 aliphatic rings. The van der Waals surface area contributed by atoms with Crippen molar-refractivity contribution in [1.29, 1.82) is 0 Å². The Hall–Kier alpha value is -0.810. The zero-order valence-electron chi connectivity index (χ0n) is 15.3. The summed E-state index contributed by atoms with van der Waals surface area (Å²) in [6.07, 6.45) is 8.87. The van der Waals surface area contributed by atoms with Crippen molar-refractivity contribution in [2.45, 2.75) is 83.8 Å². The summed E-state index contributed by atoms with van der Waals surface area (Å²) in [7, 11) is 0. The molecule has 0 bridgehead atoms. The second kappa shape index (κ2) is 10.9. The number of aliphatic hydroxyl groups is 1. The molecule has 0 atom stereocenters. The van der Waals surface area contributed by atoms with Crippen molar-refractivity contribution in [3.05, 3.63) is 0 Å². The predicted octanol–water partition coefficient (Wildman–Crippen LogP) is 3.31. The van der Waals surface area contributed by atoms with E-state index in [0.717, 1.165) is 38.8 Å². The third-order valence-electron chi connectivity index (χ3n) is 4.19. The van der Waals surface area contributed by atoms with Gasteiger partial charge in [-0.3, -0.25) is 0 Å². The van der Waals surface area contributed by atoms with Gasteiger partial charge in [-0.15, -0.1) is 0 Å². The molecule has 1 saturated heterocycles. The number of unbranched alkanes of at least 4 members (excludes halogenated alkanes) is 5. The van der Waals surface area contributed by atoms with Crippen molar-refractivity contribution in [1.82, 2.24) is 10.2 Å². The van der Waals surface area contributed by atoms with Gasteiger partial charge >= 0.3 is 6.09 Å². The van der Waals surface area contributed by atoms with E-state index in [1.54, 1.807) is 0 Å². The zero-order valence-corrected chi connectivity index (χ0v) is 15.3. The molecule has 0 unspecified atom stereocenters. The summed E-state index contributed by atoms with van der Waals surface area (Å²) in [5, 5.41) is 11.7. The molecule has 0 aromatic carbocycles. The molecule has 5 nitrogen and oxygen atoms in total. The van der Waals surface area contributed by atoms with E-state index in [-0.39, 0.29) is 12.1 Å². The molecule has 2 N–H and O–H groups in total. The van der Waals surface area contributed by atoms with Gasteiger partial charge in [0.05, 0.1) is 0 Å². The highest BCUT2D eigenvalue weighted by Gasteiger charge is 2.23. The van der Waals surface area contributed by atoms with Gasteiger partial charge in [-0.05, 0) is 53.0 Å². The van der Waals surface area contributed by atoms with E-state index in [0.29, 0.717) is 6.61 Å². The molecule has 23 heavy (non-hydrogen) atoms. The maximum absolute atomic E-state index is 11.8. The normalized spacial score (nSPS) is 17.2. The number of carbonyl (C=O) groups is 1. The van der Waals surface area contributed by atoms with Gasteiger partial charge in [0.25, 0.3) is 0 Å². The van der Waals surface area contributed by atoms with Crippen LogP contribution in [0.2, 0.25) is 0 Å². The Balaban J connectivity index is 2.03. The van der Waals surface area contributed by atoms with Crippen molar-refractivity contribution in [2.24, 2.45) is 0 Å². The number of amides is 1. The van der Waals surface area contributed by atoms with Gasteiger partial charge in [0, 0.05) is 25.7 Å². The standard InChI is InChI=1S/C18H36N2O3/c1-18(2,3)23-17(22)19-16-10-13-20(14-11-16)12-8-6-4-5-7-9-15-21/h16,21H,4-15H2,1-3H3,(H,19,22). The summed E-state index contributed by atoms with van der Waals surface area (Å²) in [6, 6.07) is 0.250. The quantitative estimate of drug-likeness (QED) is 0.638. The lowest BCUT2D eigenvalue weighted by Gasteiger charge is -2.32. The fraction of sp³-hybridized carbons (Fsp3) is 0.944. The Morgan fingerprint density at radius 1 is 1.09 bits per heavy atom. The van der Waals surface area contributed by atoms with E-state index in [9.17, 15) is 4.79 Å². The van der Waals surface area contributed by atoms with Crippen molar-refractivity contribution < 1.29 is 14.6 Å². The minimum absolute atomic E-state index is 0.250. The molecule has 1 fully saturated rings. The molecule has 1 amide bonds. The number of hydrogen-bond acceptors (Lipinski definition) is 4. The molecule has 0 radical (unpaired) electrons. The number of piperidine rings is 1. The summed E-state index contributed by atoms with van der Waals surface area (Å²) in [4.78, 5) is 14.3. The number of likely N-dealkylation sites (tertiary alicyclic amines) is 1. The molecular formula is C18H36N2O3. The molecule has 0 saturated carbocycles. The second-order valence-corrected chi connectivity index (χ2v) is 7.61. The highest BCUT2D eigenvalue weighted by Crippen LogP contribution is 2.14. The number of carbonyl (C=O) groups excluding carboxylic acids is 1. The van der Waals surface area contributed by atoms with Crippen LogP contribution in [0.25, 0.3) is 0 Å². The number of rotatable bonds is 9. The summed E-state index contributed by atoms with van der Waals surface area (Å²) in [6.45, 7) is 9.28. The van der Waals surface area contributed by atoms with Gasteiger partial charge in [0.1, 0.15) is 5.60 Å². The molecule has 0 aromatic heterocycles. The van der Waals surface area contributed by atoms with Gasteiger partial charge in [-0.1, -0.05) is 25.7 Å². The molecule has 0 aromatic rings. The zero-order chi connectivity index (χ0) is 17.1. The van der Waals surface area contributed by atoms with E-state index in [4.69, 9.17) is 9.84 Å². The topological polar surface area (TPSA) is 61.8 Å². The monoisotopic (exact) mass is 328 g/mol. The Morgan fingerprint density at radius 3 is 2.22 bits per heavy atom. The predicted molar refractivity (Wildman–Crippen MR) is 93.6 cm³/mol. The minimum Gasteiger partial charge on any atom is -0.444 e. The molecule has 0 aliphatic carbocycles. The van der Waals surface area contributed by atoms with E-state index in [1.165, 1.54) is 32.2 Å². The number of ether oxygens (including phenoxy) is 1. The Morgan fingerprint density at radius 2 is 1.65 bits per heavy atom. The molecule has 1 aliphatic heterocycles. The average molecular weight is 328 g/mol. The van der Waals surface area contributed by atoms with Crippen molar-refractivity contribution in [3.8, 4) is 0 Å². The van der Waals surface area contributed by atoms with Crippen molar-refractivity contribution >= 4 is 6.09 Å². The van der Waals surface area contributed by atoms with Crippen LogP contribution in [-0.2, 0) is 4.74 Å². The number of alkyl carbamates (subject to hydrolysis) is 1. The van der Waals surface area contributed by atoms with E-state index in [2.05, 4.69) is 10.2 Å². The Kier molecular flexibility index (Phi) is 9.56. The second-order valence-electron chi connectivity index (χ2n) is 7.61. The fourth-order valence-electron chi connectivity index (χ4n) is 2.93. The Bertz CT molecular complexity index is 321. The van der Waals surface area contributed by atoms with Crippen LogP contribution in [-0.4, -0.2) is 54.0 Å². The summed E-state index contributed by atoms with van der Waals surface area (Å²) in [5.74, 6) is 0. The smallest absolute Gasteiger partial charge is 0.407 e. The van der Waals surface area contributed by atoms with Gasteiger partial charge in [-0.25, -0.2) is 4.79 Å². The van der Waals surface area contributed by atoms with Crippen molar-refractivity contribution in [3.63, 3.8) is 0 Å². The van der Waals surface area contributed by atoms with Crippen LogP contribution in [0.15, 0.2) is 0 Å². The number of aliphatic hydroxyl groups excluding tert-OH is 1. The van der Waals surface area contributed by atoms with Crippen LogP contribution in [0, 0.1) is 0 Å². The first kappa shape index (κ1) is 20.2. The van der Waals surface area contributed by atoms with Gasteiger partial charge in [0.2, 0.25) is 0 Å². The summed E-state index contributed by atoms with van der Waals surface area (Å²) in [5.41, 5.74) is -0.429. The SMILES string of the molecule is CC(C)(C)OC(=O)NC1CCN(CCCCCCCCO)CC1. The third kappa shape index (κ3) is 10.6. The first-order valence-electron chi connectivity index (χ1n) is 9.23. The van der Waals surface area contributed by atoms with Crippen LogP contribution in [0.3, 0.4) is 0 Å². The van der Waals surface area contributed by atoms with Gasteiger partial charge in [0.15, 0.2) is 0 Å². The highest BCUT2D eigenvalue weighted by molar-refractivity contribution is 5.68. The van der Waals surface area contributed by atoms with Gasteiger partial charge in [-0.2, -0.15) is 0 Å². The maximum Gasteiger partial charge on any atom is 0.407 e. The molecule has 136 valence electrons. The van der Waals surface area contributed by atoms with Crippen LogP contribution < -0.4 is 5.32 Å². The first-order valence-corrected chi connectivity index (χ1v) is 9.23. The van der Waals surface area contributed by atoms with Crippen molar-refractivity contribution in [2.75, 3.05) is 26.2 Å². The molecule has 1 heterocycles. The largest absolute Gasteiger partial charge is 0.444 e. The van der Waals surface area contributed by atoms with E-state index in [1.807, 2.05) is 20.8 Å². The van der Waals surface area contributed by atoms with Gasteiger partial charge < -0.3 is 20.1 Å². The first-order chi connectivity index (χ1) is 10.9. The Labute approximate surface area is 141 Å². The van der Waals surface area contributed by atoms with Crippen LogP contribution >= 0.6 is 0 Å². The number of hydrogen-bond donors (Lipinski definition) is 2. The molecule has 0 spiro atoms. The molecule has 5 heteroatoms. The lowest BCUT2D eigenvalue weighted by molar-refractivity contribution is 0.0479.